The van der Waals surface area contributed by atoms with Crippen LogP contribution in [0.3, 0.4) is 0 Å². The first-order valence-electron chi connectivity index (χ1n) is 6.02. The largest absolute Gasteiger partial charge is 0.393 e. The molecule has 0 radical (unpaired) electrons. The molecule has 0 spiro atoms. The molecule has 0 saturated carbocycles. The first-order chi connectivity index (χ1) is 8.56. The van der Waals surface area contributed by atoms with Crippen LogP contribution >= 0.6 is 23.8 Å². The molecular weight excluding hydrogens is 271 g/mol. The van der Waals surface area contributed by atoms with Gasteiger partial charge in [0, 0.05) is 19.0 Å². The summed E-state index contributed by atoms with van der Waals surface area (Å²) in [5.41, 5.74) is 6.72. The Morgan fingerprint density at radius 2 is 2.33 bits per heavy atom. The second kappa shape index (κ2) is 5.95. The molecule has 2 nitrogen and oxygen atoms in total. The summed E-state index contributed by atoms with van der Waals surface area (Å²) in [7, 11) is 0. The zero-order chi connectivity index (χ0) is 13.1. The van der Waals surface area contributed by atoms with Crippen LogP contribution in [0.15, 0.2) is 18.2 Å². The minimum atomic E-state index is -0.375. The molecule has 5 heteroatoms. The standard InChI is InChI=1S/C13H16ClFN2S/c14-11-6-9(3-4-12(11)15)7-17-5-1-2-10(8-17)13(16)18/h3-4,6,10H,1-2,5,7-8H2,(H2,16,18). The lowest BCUT2D eigenvalue weighted by Gasteiger charge is -2.32. The van der Waals surface area contributed by atoms with Gasteiger partial charge in [-0.3, -0.25) is 4.90 Å². The molecule has 1 saturated heterocycles. The molecule has 0 amide bonds. The van der Waals surface area contributed by atoms with E-state index < -0.39 is 0 Å². The number of benzene rings is 1. The van der Waals surface area contributed by atoms with Crippen molar-refractivity contribution in [3.05, 3.63) is 34.6 Å². The number of hydrogen-bond donors (Lipinski definition) is 1. The van der Waals surface area contributed by atoms with Crippen LogP contribution in [0.25, 0.3) is 0 Å². The molecule has 0 aliphatic carbocycles. The van der Waals surface area contributed by atoms with E-state index in [1.165, 1.54) is 6.07 Å². The Hall–Kier alpha value is -0.710. The molecule has 2 N–H and O–H groups in total. The summed E-state index contributed by atoms with van der Waals surface area (Å²) < 4.78 is 13.1. The van der Waals surface area contributed by atoms with E-state index in [1.54, 1.807) is 12.1 Å². The van der Waals surface area contributed by atoms with Crippen LogP contribution in [0, 0.1) is 11.7 Å². The monoisotopic (exact) mass is 286 g/mol. The molecule has 2 rings (SSSR count). The maximum absolute atomic E-state index is 13.1. The minimum Gasteiger partial charge on any atom is -0.393 e. The number of likely N-dealkylation sites (tertiary alicyclic amines) is 1. The van der Waals surface area contributed by atoms with E-state index >= 15 is 0 Å². The van der Waals surface area contributed by atoms with E-state index in [0.29, 0.717) is 10.9 Å². The van der Waals surface area contributed by atoms with E-state index in [0.717, 1.165) is 38.0 Å². The summed E-state index contributed by atoms with van der Waals surface area (Å²) in [6.07, 6.45) is 2.16. The van der Waals surface area contributed by atoms with Crippen LogP contribution in [-0.2, 0) is 6.54 Å². The molecule has 0 bridgehead atoms. The van der Waals surface area contributed by atoms with Gasteiger partial charge in [0.25, 0.3) is 0 Å². The number of nitrogens with two attached hydrogens (primary N) is 1. The first kappa shape index (κ1) is 13.7. The number of thiocarbonyl (C=S) groups is 1. The molecule has 1 aliphatic heterocycles. The van der Waals surface area contributed by atoms with Crippen molar-refractivity contribution in [1.29, 1.82) is 0 Å². The molecule has 18 heavy (non-hydrogen) atoms. The molecule has 1 unspecified atom stereocenters. The number of halogens is 2. The van der Waals surface area contributed by atoms with Gasteiger partial charge in [-0.15, -0.1) is 0 Å². The average molecular weight is 287 g/mol. The molecule has 0 aromatic heterocycles. The highest BCUT2D eigenvalue weighted by molar-refractivity contribution is 7.80. The van der Waals surface area contributed by atoms with Crippen molar-refractivity contribution in [1.82, 2.24) is 4.90 Å². The molecule has 1 heterocycles. The van der Waals surface area contributed by atoms with Gasteiger partial charge < -0.3 is 5.73 Å². The Kier molecular flexibility index (Phi) is 4.54. The van der Waals surface area contributed by atoms with Crippen molar-refractivity contribution in [2.75, 3.05) is 13.1 Å². The van der Waals surface area contributed by atoms with Gasteiger partial charge in [0.05, 0.1) is 10.0 Å². The van der Waals surface area contributed by atoms with Crippen molar-refractivity contribution >= 4 is 28.8 Å². The summed E-state index contributed by atoms with van der Waals surface area (Å²) in [5.74, 6) is -0.0789. The predicted molar refractivity (Wildman–Crippen MR) is 76.2 cm³/mol. The van der Waals surface area contributed by atoms with E-state index in [-0.39, 0.29) is 10.8 Å². The van der Waals surface area contributed by atoms with Gasteiger partial charge in [-0.1, -0.05) is 29.9 Å². The molecule has 1 atom stereocenters. The van der Waals surface area contributed by atoms with Crippen LogP contribution in [-0.4, -0.2) is 23.0 Å². The fourth-order valence-electron chi connectivity index (χ4n) is 2.33. The summed E-state index contributed by atoms with van der Waals surface area (Å²) in [6, 6.07) is 4.86. The average Bonchev–Trinajstić information content (AvgIpc) is 2.34. The van der Waals surface area contributed by atoms with Crippen LogP contribution in [0.1, 0.15) is 18.4 Å². The third kappa shape index (κ3) is 3.40. The second-order valence-corrected chi connectivity index (χ2v) is 5.60. The summed E-state index contributed by atoms with van der Waals surface area (Å²) in [5, 5.41) is 0.176. The topological polar surface area (TPSA) is 29.3 Å². The molecule has 1 aliphatic rings. The Balaban J connectivity index is 2.00. The summed E-state index contributed by atoms with van der Waals surface area (Å²) in [6.45, 7) is 2.66. The third-order valence-electron chi connectivity index (χ3n) is 3.30. The lowest BCUT2D eigenvalue weighted by molar-refractivity contribution is 0.197. The smallest absolute Gasteiger partial charge is 0.141 e. The van der Waals surface area contributed by atoms with E-state index in [4.69, 9.17) is 29.6 Å². The van der Waals surface area contributed by atoms with Gasteiger partial charge >= 0.3 is 0 Å². The SMILES string of the molecule is NC(=S)C1CCCN(Cc2ccc(F)c(Cl)c2)C1. The highest BCUT2D eigenvalue weighted by Gasteiger charge is 2.21. The maximum atomic E-state index is 13.1. The van der Waals surface area contributed by atoms with Crippen molar-refractivity contribution in [3.63, 3.8) is 0 Å². The lowest BCUT2D eigenvalue weighted by Crippen LogP contribution is -2.39. The highest BCUT2D eigenvalue weighted by Crippen LogP contribution is 2.21. The molecule has 1 aromatic rings. The normalized spacial score (nSPS) is 20.9. The molecule has 1 aromatic carbocycles. The predicted octanol–water partition coefficient (Wildman–Crippen LogP) is 2.98. The van der Waals surface area contributed by atoms with Gasteiger partial charge in [0.15, 0.2) is 0 Å². The number of piperidine rings is 1. The first-order valence-corrected chi connectivity index (χ1v) is 6.80. The molecular formula is C13H16ClFN2S. The van der Waals surface area contributed by atoms with Crippen molar-refractivity contribution in [2.24, 2.45) is 11.7 Å². The zero-order valence-electron chi connectivity index (χ0n) is 10.0. The van der Waals surface area contributed by atoms with Gasteiger partial charge in [-0.05, 0) is 37.1 Å². The van der Waals surface area contributed by atoms with Crippen LogP contribution < -0.4 is 5.73 Å². The van der Waals surface area contributed by atoms with Crippen LogP contribution in [0.5, 0.6) is 0 Å². The summed E-state index contributed by atoms with van der Waals surface area (Å²) >= 11 is 10.8. The van der Waals surface area contributed by atoms with Crippen LogP contribution in [0.2, 0.25) is 5.02 Å². The second-order valence-electron chi connectivity index (χ2n) is 4.73. The van der Waals surface area contributed by atoms with Gasteiger partial charge in [0.1, 0.15) is 5.82 Å². The zero-order valence-corrected chi connectivity index (χ0v) is 11.6. The number of hydrogen-bond acceptors (Lipinski definition) is 2. The fraction of sp³-hybridized carbons (Fsp3) is 0.462. The maximum Gasteiger partial charge on any atom is 0.141 e. The highest BCUT2D eigenvalue weighted by atomic mass is 35.5. The Morgan fingerprint density at radius 1 is 1.56 bits per heavy atom. The minimum absolute atomic E-state index is 0.176. The van der Waals surface area contributed by atoms with Gasteiger partial charge in [0.2, 0.25) is 0 Å². The number of rotatable bonds is 3. The van der Waals surface area contributed by atoms with Crippen molar-refractivity contribution in [2.45, 2.75) is 19.4 Å². The van der Waals surface area contributed by atoms with E-state index in [9.17, 15) is 4.39 Å². The summed E-state index contributed by atoms with van der Waals surface area (Å²) in [4.78, 5) is 2.88. The Morgan fingerprint density at radius 3 is 3.00 bits per heavy atom. The van der Waals surface area contributed by atoms with Gasteiger partial charge in [-0.25, -0.2) is 4.39 Å². The van der Waals surface area contributed by atoms with Gasteiger partial charge in [-0.2, -0.15) is 0 Å². The molecule has 1 fully saturated rings. The van der Waals surface area contributed by atoms with E-state index in [1.807, 2.05) is 0 Å². The fourth-order valence-corrected chi connectivity index (χ4v) is 2.72. The lowest BCUT2D eigenvalue weighted by atomic mass is 9.97. The van der Waals surface area contributed by atoms with Crippen LogP contribution in [0.4, 0.5) is 4.39 Å². The number of nitrogens with zero attached hydrogens (tertiary/aromatic N) is 1. The third-order valence-corrected chi connectivity index (χ3v) is 3.92. The Labute approximate surface area is 117 Å². The Bertz CT molecular complexity index is 453. The van der Waals surface area contributed by atoms with E-state index in [2.05, 4.69) is 4.90 Å². The van der Waals surface area contributed by atoms with Crippen molar-refractivity contribution < 1.29 is 4.39 Å². The molecule has 98 valence electrons. The van der Waals surface area contributed by atoms with Crippen molar-refractivity contribution in [3.8, 4) is 0 Å². The quantitative estimate of drug-likeness (QED) is 0.866.